The van der Waals surface area contributed by atoms with E-state index in [1.807, 2.05) is 0 Å². The van der Waals surface area contributed by atoms with Crippen molar-refractivity contribution in [1.82, 2.24) is 5.43 Å². The summed E-state index contributed by atoms with van der Waals surface area (Å²) in [6.45, 7) is 0. The lowest BCUT2D eigenvalue weighted by Crippen LogP contribution is -2.27. The molecule has 1 fully saturated rings. The van der Waals surface area contributed by atoms with E-state index in [-0.39, 0.29) is 39.8 Å². The second-order valence-corrected chi connectivity index (χ2v) is 6.26. The van der Waals surface area contributed by atoms with E-state index in [1.165, 1.54) is 11.8 Å². The number of hydrazine groups is 1. The summed E-state index contributed by atoms with van der Waals surface area (Å²) in [6, 6.07) is -0.0777. The van der Waals surface area contributed by atoms with Gasteiger partial charge in [-0.1, -0.05) is 11.8 Å². The number of sulfone groups is 1. The van der Waals surface area contributed by atoms with Crippen LogP contribution < -0.4 is 11.3 Å². The summed E-state index contributed by atoms with van der Waals surface area (Å²) in [6.07, 6.45) is 0. The quantitative estimate of drug-likeness (QED) is 0.455. The third-order valence-electron chi connectivity index (χ3n) is 1.94. The number of hydrogen-bond acceptors (Lipinski definition) is 6. The highest BCUT2D eigenvalue weighted by molar-refractivity contribution is 8.93. The van der Waals surface area contributed by atoms with Crippen molar-refractivity contribution in [2.45, 2.75) is 11.3 Å². The van der Waals surface area contributed by atoms with Gasteiger partial charge in [0.25, 0.3) is 0 Å². The Hall–Kier alpha value is 0.210. The summed E-state index contributed by atoms with van der Waals surface area (Å²) in [5, 5.41) is 0.737. The van der Waals surface area contributed by atoms with Crippen LogP contribution in [0.1, 0.15) is 0 Å². The summed E-state index contributed by atoms with van der Waals surface area (Å²) < 4.78 is 22.2. The molecule has 13 heavy (non-hydrogen) atoms. The summed E-state index contributed by atoms with van der Waals surface area (Å²) in [5.41, 5.74) is 2.44. The van der Waals surface area contributed by atoms with Gasteiger partial charge in [-0.2, -0.15) is 0 Å². The van der Waals surface area contributed by atoms with Crippen LogP contribution >= 0.6 is 28.7 Å². The molecule has 76 valence electrons. The first kappa shape index (κ1) is 11.3. The van der Waals surface area contributed by atoms with Crippen molar-refractivity contribution in [2.75, 3.05) is 11.5 Å². The van der Waals surface area contributed by atoms with Gasteiger partial charge in [0, 0.05) is 5.25 Å². The van der Waals surface area contributed by atoms with Crippen molar-refractivity contribution in [3.63, 3.8) is 0 Å². The van der Waals surface area contributed by atoms with Crippen molar-refractivity contribution in [3.05, 3.63) is 0 Å². The lowest BCUT2D eigenvalue weighted by atomic mass is 10.3. The van der Waals surface area contributed by atoms with Crippen LogP contribution in [0, 0.1) is 0 Å². The van der Waals surface area contributed by atoms with Crippen LogP contribution in [-0.4, -0.2) is 36.4 Å². The van der Waals surface area contributed by atoms with Crippen molar-refractivity contribution in [2.24, 2.45) is 10.8 Å². The highest BCUT2D eigenvalue weighted by atomic mass is 79.9. The molecule has 2 atom stereocenters. The molecule has 1 saturated heterocycles. The Morgan fingerprint density at radius 3 is 2.77 bits per heavy atom. The predicted octanol–water partition coefficient (Wildman–Crippen LogP) is -0.704. The van der Waals surface area contributed by atoms with Gasteiger partial charge in [0.1, 0.15) is 0 Å². The van der Waals surface area contributed by atoms with Crippen molar-refractivity contribution in [3.8, 4) is 0 Å². The Balaban J connectivity index is 0.000000845. The lowest BCUT2D eigenvalue weighted by Gasteiger charge is -2.00. The fraction of sp³-hybridized carbons (Fsp3) is 0.800. The molecule has 2 rings (SSSR count). The number of nitrogens with two attached hydrogens (primary N) is 1. The highest BCUT2D eigenvalue weighted by Gasteiger charge is 2.42. The smallest absolute Gasteiger partial charge is 0.171 e. The van der Waals surface area contributed by atoms with E-state index in [1.54, 1.807) is 0 Å². The SMILES string of the molecule is Br.NNC1=NC2CS(=O)(=O)CC2S1. The normalized spacial score (nSPS) is 34.7. The van der Waals surface area contributed by atoms with Gasteiger partial charge in [-0.05, 0) is 0 Å². The molecule has 0 aromatic heterocycles. The van der Waals surface area contributed by atoms with Crippen LogP contribution in [0.2, 0.25) is 0 Å². The number of halogens is 1. The Bertz CT molecular complexity index is 329. The third kappa shape index (κ3) is 2.17. The molecule has 0 saturated carbocycles. The third-order valence-corrected chi connectivity index (χ3v) is 5.10. The first-order chi connectivity index (χ1) is 5.61. The number of rotatable bonds is 0. The molecule has 0 aliphatic carbocycles. The van der Waals surface area contributed by atoms with Gasteiger partial charge in [0.05, 0.1) is 17.5 Å². The molecule has 8 heteroatoms. The highest BCUT2D eigenvalue weighted by Crippen LogP contribution is 2.32. The van der Waals surface area contributed by atoms with E-state index in [0.29, 0.717) is 5.17 Å². The minimum absolute atomic E-state index is 0. The molecule has 2 aliphatic rings. The number of thioether (sulfide) groups is 1. The molecular weight excluding hydrogens is 278 g/mol. The van der Waals surface area contributed by atoms with Gasteiger partial charge in [-0.3, -0.25) is 4.99 Å². The van der Waals surface area contributed by atoms with E-state index in [9.17, 15) is 8.42 Å². The largest absolute Gasteiger partial charge is 0.303 e. The number of hydrogen-bond donors (Lipinski definition) is 2. The van der Waals surface area contributed by atoms with Crippen LogP contribution in [0.5, 0.6) is 0 Å². The van der Waals surface area contributed by atoms with Crippen molar-refractivity contribution < 1.29 is 8.42 Å². The molecule has 3 N–H and O–H groups in total. The second-order valence-electron chi connectivity index (χ2n) is 2.88. The van der Waals surface area contributed by atoms with E-state index in [2.05, 4.69) is 10.4 Å². The van der Waals surface area contributed by atoms with Gasteiger partial charge < -0.3 is 5.43 Å². The number of amidine groups is 1. The molecule has 2 aliphatic heterocycles. The Kier molecular flexibility index (Phi) is 3.26. The number of nitrogens with zero attached hydrogens (tertiary/aromatic N) is 1. The number of fused-ring (bicyclic) bond motifs is 1. The Morgan fingerprint density at radius 1 is 1.54 bits per heavy atom. The fourth-order valence-electron chi connectivity index (χ4n) is 1.43. The molecule has 0 spiro atoms. The maximum absolute atomic E-state index is 11.1. The first-order valence-electron chi connectivity index (χ1n) is 3.52. The van der Waals surface area contributed by atoms with Crippen LogP contribution in [0.4, 0.5) is 0 Å². The zero-order valence-corrected chi connectivity index (χ0v) is 9.98. The summed E-state index contributed by atoms with van der Waals surface area (Å²) in [5.74, 6) is 5.56. The molecule has 0 radical (unpaired) electrons. The molecule has 0 aromatic carbocycles. The molecule has 2 unspecified atom stereocenters. The van der Waals surface area contributed by atoms with Crippen molar-refractivity contribution in [1.29, 1.82) is 0 Å². The van der Waals surface area contributed by atoms with E-state index < -0.39 is 9.84 Å². The Morgan fingerprint density at radius 2 is 2.23 bits per heavy atom. The first-order valence-corrected chi connectivity index (χ1v) is 6.22. The van der Waals surface area contributed by atoms with Gasteiger partial charge in [-0.25, -0.2) is 14.3 Å². The van der Waals surface area contributed by atoms with Gasteiger partial charge in [0.2, 0.25) is 0 Å². The molecule has 0 aromatic rings. The summed E-state index contributed by atoms with van der Waals surface area (Å²) in [4.78, 5) is 4.13. The predicted molar refractivity (Wildman–Crippen MR) is 58.9 cm³/mol. The average Bonchev–Trinajstić information content (AvgIpc) is 2.40. The minimum Gasteiger partial charge on any atom is -0.303 e. The molecule has 0 bridgehead atoms. The lowest BCUT2D eigenvalue weighted by molar-refractivity contribution is 0.601. The van der Waals surface area contributed by atoms with E-state index >= 15 is 0 Å². The topological polar surface area (TPSA) is 84.5 Å². The number of nitrogens with one attached hydrogen (secondary N) is 1. The van der Waals surface area contributed by atoms with Crippen LogP contribution in [0.25, 0.3) is 0 Å². The molecule has 0 amide bonds. The zero-order valence-electron chi connectivity index (χ0n) is 6.63. The number of aliphatic imine (C=N–C) groups is 1. The second kappa shape index (κ2) is 3.76. The van der Waals surface area contributed by atoms with Gasteiger partial charge in [0.15, 0.2) is 15.0 Å². The fourth-order valence-corrected chi connectivity index (χ4v) is 4.99. The monoisotopic (exact) mass is 287 g/mol. The van der Waals surface area contributed by atoms with Gasteiger partial charge >= 0.3 is 0 Å². The average molecular weight is 288 g/mol. The van der Waals surface area contributed by atoms with Crippen LogP contribution in [0.15, 0.2) is 4.99 Å². The van der Waals surface area contributed by atoms with Crippen molar-refractivity contribution >= 4 is 43.7 Å². The summed E-state index contributed by atoms with van der Waals surface area (Å²) in [7, 11) is -2.83. The van der Waals surface area contributed by atoms with E-state index in [0.717, 1.165) is 0 Å². The maximum Gasteiger partial charge on any atom is 0.171 e. The van der Waals surface area contributed by atoms with Gasteiger partial charge in [-0.15, -0.1) is 17.0 Å². The van der Waals surface area contributed by atoms with Crippen LogP contribution in [-0.2, 0) is 9.84 Å². The standard InChI is InChI=1S/C5H9N3O2S2.BrH/c6-8-5-7-3-1-12(9,10)2-4(3)11-5;/h3-4H,1-2,6H2,(H,7,8);1H. The molecule has 5 nitrogen and oxygen atoms in total. The zero-order chi connectivity index (χ0) is 8.77. The summed E-state index contributed by atoms with van der Waals surface area (Å²) >= 11 is 1.42. The van der Waals surface area contributed by atoms with E-state index in [4.69, 9.17) is 5.84 Å². The van der Waals surface area contributed by atoms with Crippen LogP contribution in [0.3, 0.4) is 0 Å². The molecule has 2 heterocycles. The Labute approximate surface area is 91.2 Å². The maximum atomic E-state index is 11.1. The molecular formula is C5H10BrN3O2S2. The minimum atomic E-state index is -2.83.